The number of nitrogens with zero attached hydrogens (tertiary/aromatic N) is 1. The Morgan fingerprint density at radius 1 is 0.544 bits per heavy atom. The Hall–Kier alpha value is -2.97. The first kappa shape index (κ1) is 54.0. The van der Waals surface area contributed by atoms with Gasteiger partial charge in [0.2, 0.25) is 0 Å². The molecule has 2 unspecified atom stereocenters. The molecule has 0 aromatic carbocycles. The predicted octanol–water partition coefficient (Wildman–Crippen LogP) is 12.6. The van der Waals surface area contributed by atoms with Crippen molar-refractivity contribution in [3.8, 4) is 0 Å². The largest absolute Gasteiger partial charge is 0.477 e. The average molecular weight is 801 g/mol. The summed E-state index contributed by atoms with van der Waals surface area (Å²) in [7, 11) is 5.51. The molecule has 0 spiro atoms. The van der Waals surface area contributed by atoms with E-state index < -0.39 is 18.1 Å². The van der Waals surface area contributed by atoms with Gasteiger partial charge in [0, 0.05) is 19.3 Å². The van der Waals surface area contributed by atoms with Crippen LogP contribution in [0.2, 0.25) is 0 Å². The van der Waals surface area contributed by atoms with Gasteiger partial charge in [-0.25, -0.2) is 4.79 Å². The summed E-state index contributed by atoms with van der Waals surface area (Å²) >= 11 is 0. The van der Waals surface area contributed by atoms with E-state index in [0.29, 0.717) is 19.3 Å². The zero-order valence-corrected chi connectivity index (χ0v) is 37.3. The first-order valence-electron chi connectivity index (χ1n) is 22.8. The monoisotopic (exact) mass is 801 g/mol. The highest BCUT2D eigenvalue weighted by Crippen LogP contribution is 2.13. The summed E-state index contributed by atoms with van der Waals surface area (Å²) in [4.78, 5) is 37.0. The second-order valence-corrected chi connectivity index (χ2v) is 16.3. The molecule has 2 atom stereocenters. The fourth-order valence-electron chi connectivity index (χ4n) is 6.37. The minimum atomic E-state index is -0.881. The Balaban J connectivity index is 4.33. The molecule has 8 heteroatoms. The van der Waals surface area contributed by atoms with Gasteiger partial charge in [-0.2, -0.15) is 0 Å². The maximum Gasteiger partial charge on any atom is 0.362 e. The van der Waals surface area contributed by atoms with Crippen molar-refractivity contribution in [3.63, 3.8) is 0 Å². The van der Waals surface area contributed by atoms with Crippen LogP contribution in [-0.2, 0) is 28.6 Å². The standard InChI is InChI=1S/C49H85NO7/c1-6-8-10-12-14-16-18-20-21-22-23-24-25-26-28-29-31-33-35-37-39-47(51)56-44-45(43-55-42-41-46(49(53)54)50(3,4)5)57-48(52)40-38-36-34-32-30-27-19-17-15-13-11-9-7-2/h8,10,14,16,20-21,23-24,27,30,45-46H,6-7,9,11-13,15,17-19,22,25-26,28-29,31-44H2,1-5H3/p+1/b10-8+,16-14+,21-20+,24-23+,30-27+. The predicted molar refractivity (Wildman–Crippen MR) is 238 cm³/mol. The summed E-state index contributed by atoms with van der Waals surface area (Å²) in [5, 5.41) is 9.62. The zero-order chi connectivity index (χ0) is 42.1. The Morgan fingerprint density at radius 3 is 1.49 bits per heavy atom. The van der Waals surface area contributed by atoms with E-state index in [-0.39, 0.29) is 36.2 Å². The summed E-state index contributed by atoms with van der Waals surface area (Å²) in [5.74, 6) is -1.50. The molecule has 1 N–H and O–H groups in total. The number of carbonyl (C=O) groups excluding carboxylic acids is 2. The van der Waals surface area contributed by atoms with E-state index in [1.54, 1.807) is 0 Å². The number of carboxylic acids is 1. The number of aliphatic carboxylic acids is 1. The average Bonchev–Trinajstić information content (AvgIpc) is 3.17. The van der Waals surface area contributed by atoms with Gasteiger partial charge in [0.15, 0.2) is 12.1 Å². The van der Waals surface area contributed by atoms with E-state index in [1.807, 2.05) is 21.1 Å². The highest BCUT2D eigenvalue weighted by Gasteiger charge is 2.31. The van der Waals surface area contributed by atoms with Crippen LogP contribution >= 0.6 is 0 Å². The van der Waals surface area contributed by atoms with Crippen molar-refractivity contribution in [3.05, 3.63) is 60.8 Å². The number of quaternary nitrogens is 1. The minimum absolute atomic E-state index is 0.0498. The van der Waals surface area contributed by atoms with Gasteiger partial charge < -0.3 is 23.8 Å². The van der Waals surface area contributed by atoms with E-state index in [2.05, 4.69) is 74.6 Å². The maximum absolute atomic E-state index is 12.7. The maximum atomic E-state index is 12.7. The summed E-state index contributed by atoms with van der Waals surface area (Å²) in [6.45, 7) is 4.58. The number of hydrogen-bond acceptors (Lipinski definition) is 6. The molecule has 0 aliphatic carbocycles. The van der Waals surface area contributed by atoms with Gasteiger partial charge in [-0.1, -0.05) is 145 Å². The number of ether oxygens (including phenoxy) is 3. The van der Waals surface area contributed by atoms with Crippen LogP contribution in [0.1, 0.15) is 181 Å². The van der Waals surface area contributed by atoms with Gasteiger partial charge >= 0.3 is 17.9 Å². The molecule has 0 amide bonds. The lowest BCUT2D eigenvalue weighted by atomic mass is 10.1. The second-order valence-electron chi connectivity index (χ2n) is 16.3. The van der Waals surface area contributed by atoms with Crippen LogP contribution in [0.15, 0.2) is 60.8 Å². The molecule has 57 heavy (non-hydrogen) atoms. The van der Waals surface area contributed by atoms with Crippen molar-refractivity contribution in [2.24, 2.45) is 0 Å². The summed E-state index contributed by atoms with van der Waals surface area (Å²) in [6, 6.07) is -0.620. The van der Waals surface area contributed by atoms with E-state index in [1.165, 1.54) is 64.2 Å². The highest BCUT2D eigenvalue weighted by molar-refractivity contribution is 5.72. The van der Waals surface area contributed by atoms with Crippen molar-refractivity contribution in [2.45, 2.75) is 193 Å². The van der Waals surface area contributed by atoms with Gasteiger partial charge in [0.25, 0.3) is 0 Å². The van der Waals surface area contributed by atoms with Gasteiger partial charge in [0.1, 0.15) is 6.61 Å². The molecule has 0 saturated carbocycles. The van der Waals surface area contributed by atoms with Crippen LogP contribution < -0.4 is 0 Å². The minimum Gasteiger partial charge on any atom is -0.477 e. The molecule has 0 rings (SSSR count). The highest BCUT2D eigenvalue weighted by atomic mass is 16.6. The molecule has 8 nitrogen and oxygen atoms in total. The topological polar surface area (TPSA) is 99.1 Å². The number of hydrogen-bond donors (Lipinski definition) is 1. The summed E-state index contributed by atoms with van der Waals surface area (Å²) in [6.07, 6.45) is 48.3. The lowest BCUT2D eigenvalue weighted by Crippen LogP contribution is -2.50. The Kier molecular flexibility index (Phi) is 37.8. The number of likely N-dealkylation sites (N-methyl/N-ethyl adjacent to an activating group) is 1. The molecule has 0 aliphatic rings. The number of esters is 2. The Labute approximate surface area is 349 Å². The Morgan fingerprint density at radius 2 is 0.982 bits per heavy atom. The van der Waals surface area contributed by atoms with Crippen LogP contribution in [0.25, 0.3) is 0 Å². The number of carboxylic acid groups (broad SMARTS) is 1. The van der Waals surface area contributed by atoms with Crippen molar-refractivity contribution in [1.29, 1.82) is 0 Å². The lowest BCUT2D eigenvalue weighted by Gasteiger charge is -2.31. The van der Waals surface area contributed by atoms with E-state index in [4.69, 9.17) is 14.2 Å². The zero-order valence-electron chi connectivity index (χ0n) is 37.3. The number of allylic oxidation sites excluding steroid dienone is 10. The SMILES string of the molecule is CC/C=C/C/C=C/C/C=C/C/C=C/CCCCCCCCCC(=O)OCC(COCCC(C(=O)O)[N+](C)(C)C)OC(=O)CCCCC/C=C/CCCCCCCC. The fraction of sp³-hybridized carbons (Fsp3) is 0.735. The molecule has 0 aromatic rings. The van der Waals surface area contributed by atoms with Gasteiger partial charge in [-0.15, -0.1) is 0 Å². The number of rotatable bonds is 40. The molecular formula is C49H86NO7+. The van der Waals surface area contributed by atoms with Crippen molar-refractivity contribution in [2.75, 3.05) is 41.0 Å². The molecule has 328 valence electrons. The third-order valence-electron chi connectivity index (χ3n) is 9.90. The smallest absolute Gasteiger partial charge is 0.362 e. The second kappa shape index (κ2) is 39.8. The molecule has 0 heterocycles. The van der Waals surface area contributed by atoms with Crippen LogP contribution in [-0.4, -0.2) is 80.6 Å². The van der Waals surface area contributed by atoms with Gasteiger partial charge in [-0.05, 0) is 77.0 Å². The van der Waals surface area contributed by atoms with Gasteiger partial charge in [-0.3, -0.25) is 9.59 Å². The normalized spacial score (nSPS) is 13.5. The molecule has 0 aromatic heterocycles. The number of carbonyl (C=O) groups is 3. The van der Waals surface area contributed by atoms with Crippen molar-refractivity contribution >= 4 is 17.9 Å². The van der Waals surface area contributed by atoms with E-state index >= 15 is 0 Å². The van der Waals surface area contributed by atoms with Crippen molar-refractivity contribution in [1.82, 2.24) is 0 Å². The summed E-state index contributed by atoms with van der Waals surface area (Å²) in [5.41, 5.74) is 0. The third-order valence-corrected chi connectivity index (χ3v) is 9.90. The van der Waals surface area contributed by atoms with Crippen LogP contribution in [0.3, 0.4) is 0 Å². The molecule has 0 fully saturated rings. The van der Waals surface area contributed by atoms with Crippen molar-refractivity contribution < 1.29 is 38.2 Å². The molecule has 0 radical (unpaired) electrons. The fourth-order valence-corrected chi connectivity index (χ4v) is 6.37. The van der Waals surface area contributed by atoms with Crippen LogP contribution in [0.4, 0.5) is 0 Å². The van der Waals surface area contributed by atoms with E-state index in [0.717, 1.165) is 83.5 Å². The third kappa shape index (κ3) is 38.3. The molecule has 0 aliphatic heterocycles. The Bertz CT molecular complexity index is 1120. The van der Waals surface area contributed by atoms with Gasteiger partial charge in [0.05, 0.1) is 34.4 Å². The van der Waals surface area contributed by atoms with Crippen LogP contribution in [0.5, 0.6) is 0 Å². The molecule has 0 saturated heterocycles. The quantitative estimate of drug-likeness (QED) is 0.0285. The number of unbranched alkanes of at least 4 members (excludes halogenated alkanes) is 16. The van der Waals surface area contributed by atoms with Crippen LogP contribution in [0, 0.1) is 0 Å². The first-order chi connectivity index (χ1) is 27.6. The molecular weight excluding hydrogens is 715 g/mol. The summed E-state index contributed by atoms with van der Waals surface area (Å²) < 4.78 is 17.3. The first-order valence-corrected chi connectivity index (χ1v) is 22.8. The lowest BCUT2D eigenvalue weighted by molar-refractivity contribution is -0.887. The van der Waals surface area contributed by atoms with E-state index in [9.17, 15) is 19.5 Å². The molecule has 0 bridgehead atoms.